The lowest BCUT2D eigenvalue weighted by Crippen LogP contribution is -2.66. The van der Waals surface area contributed by atoms with Gasteiger partial charge >= 0.3 is 23.9 Å². The van der Waals surface area contributed by atoms with Crippen molar-refractivity contribution in [3.8, 4) is 0 Å². The molecule has 12 atom stereocenters. The number of benzene rings is 1. The lowest BCUT2D eigenvalue weighted by atomic mass is 9.96. The fraction of sp³-hybridized carbons (Fsp3) is 0.642. The van der Waals surface area contributed by atoms with Gasteiger partial charge in [0.05, 0.1) is 50.4 Å². The second-order valence-electron chi connectivity index (χ2n) is 26.4. The Labute approximate surface area is 600 Å². The normalized spacial score (nSPS) is 23.3. The molecule has 14 amide bonds. The maximum Gasteiger partial charge on any atom is 0.308 e. The number of carbonyl (C=O) groups excluding carboxylic acids is 14. The van der Waals surface area contributed by atoms with E-state index >= 15 is 4.79 Å². The van der Waals surface area contributed by atoms with Crippen molar-refractivity contribution in [3.63, 3.8) is 0 Å². The van der Waals surface area contributed by atoms with Crippen LogP contribution in [0, 0.1) is 11.8 Å². The number of unbranched alkanes of at least 4 members (excludes halogenated alkanes) is 8. The number of hydrogen-bond donors (Lipinski definition) is 17. The van der Waals surface area contributed by atoms with Gasteiger partial charge in [-0.2, -0.15) is 0 Å². The Morgan fingerprint density at radius 3 is 1.62 bits per heavy atom. The molecule has 1 aromatic carbocycles. The summed E-state index contributed by atoms with van der Waals surface area (Å²) in [6.45, 7) is 5.96. The number of amides is 14. The third kappa shape index (κ3) is 27.8. The predicted octanol–water partition coefficient (Wildman–Crippen LogP) is -2.67. The zero-order valence-corrected chi connectivity index (χ0v) is 59.4. The number of carbonyl (C=O) groups is 18. The Morgan fingerprint density at radius 2 is 1.07 bits per heavy atom. The highest BCUT2D eigenvalue weighted by molar-refractivity contribution is 6.03. The number of anilines is 1. The van der Waals surface area contributed by atoms with E-state index in [4.69, 9.17) is 5.73 Å². The molecular weight excluding hydrogens is 1370 g/mol. The van der Waals surface area contributed by atoms with E-state index in [1.807, 2.05) is 16.0 Å². The molecule has 3 aliphatic heterocycles. The van der Waals surface area contributed by atoms with E-state index in [0.717, 1.165) is 48.8 Å². The summed E-state index contributed by atoms with van der Waals surface area (Å²) >= 11 is 0. The molecule has 3 fully saturated rings. The summed E-state index contributed by atoms with van der Waals surface area (Å²) < 4.78 is 0. The molecule has 0 radical (unpaired) electrons. The van der Waals surface area contributed by atoms with Gasteiger partial charge < -0.3 is 99.8 Å². The monoisotopic (exact) mass is 1470 g/mol. The van der Waals surface area contributed by atoms with Crippen LogP contribution in [0.3, 0.4) is 0 Å². The standard InChI is InChI=1S/C67H101N15O22/c1-7-8-9-10-11-12-13-14-15-21-46(83)73-40-24-22-39(23-25-40)57(93)75-43(32-52(91)92)60(96)80-56-38(6)72-61(97)45-20-18-29-82(45)65(101)53(35(2)3)78-64(100)55(37(5)71-47(84)26-27-68)77-49(86)34-70-58(94)41(30-50(87)88)74-48(85)33-69-59(95)42(31-51(89)90)76-63(99)54(36(4)67(103)104)79-62(98)44-19-16-17-28-81(44)66(56)102/h22-25,35-38,41-45,53-56H,7-21,26-34,68H2,1-6H3,(H,69,95)(H,70,94)(H,71,84)(H,72,97)(H,73,83)(H,74,85)(H,75,93)(H,76,99)(H,77,86)(H,78,100)(H,79,98)(H,80,96)(H,87,88)(H,89,90)(H,91,92)(H,103,104)/t36?,37?,38?,41-,42-,43?,44+,45-,53-,54-,55-,56-/m0/s1. The minimum atomic E-state index is -2.19. The van der Waals surface area contributed by atoms with Gasteiger partial charge in [0, 0.05) is 43.7 Å². The van der Waals surface area contributed by atoms with Gasteiger partial charge in [-0.3, -0.25) is 86.3 Å². The summed E-state index contributed by atoms with van der Waals surface area (Å²) in [4.78, 5) is 248. The first-order valence-corrected chi connectivity index (χ1v) is 35.0. The second kappa shape index (κ2) is 42.9. The number of nitrogens with zero attached hydrogens (tertiary/aromatic N) is 2. The summed E-state index contributed by atoms with van der Waals surface area (Å²) in [5.74, 6) is -24.6. The third-order valence-corrected chi connectivity index (χ3v) is 17.7. The average molecular weight is 1470 g/mol. The van der Waals surface area contributed by atoms with Crippen molar-refractivity contribution in [2.75, 3.05) is 38.0 Å². The van der Waals surface area contributed by atoms with Crippen LogP contribution in [0.4, 0.5) is 5.69 Å². The molecule has 0 aromatic heterocycles. The van der Waals surface area contributed by atoms with Crippen molar-refractivity contribution in [2.24, 2.45) is 17.6 Å². The van der Waals surface area contributed by atoms with E-state index in [9.17, 15) is 102 Å². The fourth-order valence-electron chi connectivity index (χ4n) is 11.9. The molecule has 18 N–H and O–H groups in total. The van der Waals surface area contributed by atoms with Crippen LogP contribution in [0.25, 0.3) is 0 Å². The SMILES string of the molecule is CCCCCCCCCCCC(=O)Nc1ccc(C(=O)NC(CC(=O)O)C(=O)N[C@@H]2C(=O)N3CCCC[C@@H]3C(=O)N[C@@H](C(C)C(=O)O)C(=O)N[C@@H](CC(=O)O)C(=O)NCC(=O)N[C@@H](CC(=O)O)C(=O)NCC(=O)N[C@@H](C(C)NC(=O)CCN)C(=O)N[C@@H](C(C)C)C(=O)N3CCC[C@H]3C(=O)NC2C)cc1. The van der Waals surface area contributed by atoms with Crippen molar-refractivity contribution in [1.82, 2.24) is 68.3 Å². The molecule has 37 nitrogen and oxygen atoms in total. The van der Waals surface area contributed by atoms with Crippen molar-refractivity contribution in [2.45, 2.75) is 230 Å². The molecule has 3 aliphatic rings. The number of carboxylic acids is 4. The summed E-state index contributed by atoms with van der Waals surface area (Å²) in [6.07, 6.45) is 6.20. The largest absolute Gasteiger partial charge is 0.481 e. The summed E-state index contributed by atoms with van der Waals surface area (Å²) in [5.41, 5.74) is 5.79. The number of rotatable bonds is 28. The molecule has 0 aliphatic carbocycles. The highest BCUT2D eigenvalue weighted by atomic mass is 16.4. The molecule has 3 saturated heterocycles. The van der Waals surface area contributed by atoms with E-state index in [0.29, 0.717) is 12.1 Å². The summed E-state index contributed by atoms with van der Waals surface area (Å²) in [5, 5.41) is 67.9. The Bertz CT molecular complexity index is 3280. The molecular formula is C67H101N15O22. The average Bonchev–Trinajstić information content (AvgIpc) is 1.06. The molecule has 1 aromatic rings. The quantitative estimate of drug-likeness (QED) is 0.0381. The molecule has 0 saturated carbocycles. The third-order valence-electron chi connectivity index (χ3n) is 17.7. The lowest BCUT2D eigenvalue weighted by Gasteiger charge is -2.39. The Kier molecular flexibility index (Phi) is 35.5. The molecule has 576 valence electrons. The highest BCUT2D eigenvalue weighted by Crippen LogP contribution is 2.24. The number of nitrogens with one attached hydrogen (secondary N) is 12. The van der Waals surface area contributed by atoms with Gasteiger partial charge in [0.15, 0.2) is 0 Å². The Hall–Kier alpha value is -10.4. The van der Waals surface area contributed by atoms with Crippen LogP contribution in [-0.2, 0) is 81.5 Å². The number of hydrogen-bond acceptors (Lipinski definition) is 19. The summed E-state index contributed by atoms with van der Waals surface area (Å²) in [7, 11) is 0. The molecule has 104 heavy (non-hydrogen) atoms. The number of nitrogens with two attached hydrogens (primary N) is 1. The van der Waals surface area contributed by atoms with Gasteiger partial charge in [0.25, 0.3) is 5.91 Å². The van der Waals surface area contributed by atoms with Crippen molar-refractivity contribution in [1.29, 1.82) is 0 Å². The Morgan fingerprint density at radius 1 is 0.548 bits per heavy atom. The van der Waals surface area contributed by atoms with Gasteiger partial charge in [0.1, 0.15) is 54.4 Å². The zero-order chi connectivity index (χ0) is 77.5. The first-order chi connectivity index (χ1) is 49.2. The molecule has 0 bridgehead atoms. The first kappa shape index (κ1) is 86.0. The van der Waals surface area contributed by atoms with Crippen molar-refractivity contribution in [3.05, 3.63) is 29.8 Å². The fourth-order valence-corrected chi connectivity index (χ4v) is 11.9. The molecule has 4 rings (SSSR count). The van der Waals surface area contributed by atoms with Gasteiger partial charge in [0.2, 0.25) is 76.8 Å². The van der Waals surface area contributed by atoms with Crippen LogP contribution in [0.2, 0.25) is 0 Å². The number of carboxylic acid groups (broad SMARTS) is 4. The van der Waals surface area contributed by atoms with Crippen molar-refractivity contribution >= 4 is 112 Å². The molecule has 37 heteroatoms. The first-order valence-electron chi connectivity index (χ1n) is 35.0. The van der Waals surface area contributed by atoms with Gasteiger partial charge in [-0.05, 0) is 89.5 Å². The van der Waals surface area contributed by atoms with Crippen LogP contribution < -0.4 is 69.5 Å². The maximum absolute atomic E-state index is 15.4. The van der Waals surface area contributed by atoms with Gasteiger partial charge in [-0.15, -0.1) is 0 Å². The van der Waals surface area contributed by atoms with Crippen molar-refractivity contribution < 1.29 is 107 Å². The van der Waals surface area contributed by atoms with E-state index in [1.165, 1.54) is 71.2 Å². The summed E-state index contributed by atoms with van der Waals surface area (Å²) in [6, 6.07) is -14.1. The zero-order valence-electron chi connectivity index (χ0n) is 59.4. The molecule has 0 spiro atoms. The van der Waals surface area contributed by atoms with Crippen LogP contribution in [0.15, 0.2) is 24.3 Å². The number of aliphatic carboxylic acids is 4. The van der Waals surface area contributed by atoms with E-state index in [2.05, 4.69) is 54.8 Å². The van der Waals surface area contributed by atoms with Gasteiger partial charge in [-0.1, -0.05) is 72.1 Å². The van der Waals surface area contributed by atoms with E-state index in [-0.39, 0.29) is 76.1 Å². The van der Waals surface area contributed by atoms with Crippen LogP contribution >= 0.6 is 0 Å². The number of fused-ring (bicyclic) bond motifs is 2. The number of piperidine rings is 1. The predicted molar refractivity (Wildman–Crippen MR) is 367 cm³/mol. The van der Waals surface area contributed by atoms with Crippen LogP contribution in [0.5, 0.6) is 0 Å². The smallest absolute Gasteiger partial charge is 0.308 e. The Balaban J connectivity index is 1.80. The minimum Gasteiger partial charge on any atom is -0.481 e. The van der Waals surface area contributed by atoms with E-state index in [1.54, 1.807) is 0 Å². The van der Waals surface area contributed by atoms with Gasteiger partial charge in [-0.25, -0.2) is 0 Å². The minimum absolute atomic E-state index is 0.0430. The lowest BCUT2D eigenvalue weighted by molar-refractivity contribution is -0.150. The van der Waals surface area contributed by atoms with E-state index < -0.39 is 211 Å². The highest BCUT2D eigenvalue weighted by Gasteiger charge is 2.45. The topological polar surface area (TPSA) is 565 Å². The second-order valence-corrected chi connectivity index (χ2v) is 26.4. The molecule has 3 heterocycles. The van der Waals surface area contributed by atoms with Crippen LogP contribution in [-0.4, -0.2) is 236 Å². The maximum atomic E-state index is 15.4. The van der Waals surface area contributed by atoms with Crippen LogP contribution in [0.1, 0.15) is 174 Å². The molecule has 4 unspecified atom stereocenters.